The highest BCUT2D eigenvalue weighted by Crippen LogP contribution is 2.24. The maximum atomic E-state index is 12.6. The van der Waals surface area contributed by atoms with Crippen molar-refractivity contribution in [2.45, 2.75) is 38.4 Å². The number of hydrogen-bond acceptors (Lipinski definition) is 5. The summed E-state index contributed by atoms with van der Waals surface area (Å²) in [4.78, 5) is 12.6. The van der Waals surface area contributed by atoms with Gasteiger partial charge in [-0.2, -0.15) is 0 Å². The van der Waals surface area contributed by atoms with Crippen molar-refractivity contribution in [3.8, 4) is 11.4 Å². The van der Waals surface area contributed by atoms with E-state index >= 15 is 0 Å². The van der Waals surface area contributed by atoms with E-state index in [1.807, 2.05) is 61.5 Å². The topological polar surface area (TPSA) is 85.8 Å². The van der Waals surface area contributed by atoms with Crippen LogP contribution in [0.25, 0.3) is 11.4 Å². The SMILES string of the molecule is Cc1ccc(-c2nnc(SCC(=O)N[C@@H](CC(C)C)c3ccccc3)n2N)cc1. The Balaban J connectivity index is 1.63. The lowest BCUT2D eigenvalue weighted by molar-refractivity contribution is -0.119. The number of nitrogens with two attached hydrogens (primary N) is 1. The molecular formula is C22H27N5OS. The predicted molar refractivity (Wildman–Crippen MR) is 118 cm³/mol. The maximum Gasteiger partial charge on any atom is 0.230 e. The Morgan fingerprint density at radius 1 is 1.10 bits per heavy atom. The van der Waals surface area contributed by atoms with Crippen LogP contribution in [0.15, 0.2) is 59.8 Å². The van der Waals surface area contributed by atoms with E-state index in [-0.39, 0.29) is 17.7 Å². The number of amides is 1. The van der Waals surface area contributed by atoms with Gasteiger partial charge in [0.1, 0.15) is 0 Å². The molecular weight excluding hydrogens is 382 g/mol. The molecule has 1 amide bonds. The molecule has 0 saturated carbocycles. The first-order chi connectivity index (χ1) is 13.9. The van der Waals surface area contributed by atoms with Gasteiger partial charge in [0.15, 0.2) is 5.82 Å². The summed E-state index contributed by atoms with van der Waals surface area (Å²) >= 11 is 1.28. The number of carbonyl (C=O) groups is 1. The molecule has 1 atom stereocenters. The largest absolute Gasteiger partial charge is 0.349 e. The number of nitrogens with one attached hydrogen (secondary N) is 1. The van der Waals surface area contributed by atoms with Gasteiger partial charge in [0.05, 0.1) is 11.8 Å². The van der Waals surface area contributed by atoms with Gasteiger partial charge in [-0.15, -0.1) is 10.2 Å². The van der Waals surface area contributed by atoms with Crippen LogP contribution >= 0.6 is 11.8 Å². The Labute approximate surface area is 175 Å². The molecule has 0 bridgehead atoms. The minimum atomic E-state index is -0.0515. The molecule has 0 unspecified atom stereocenters. The first-order valence-electron chi connectivity index (χ1n) is 9.68. The van der Waals surface area contributed by atoms with E-state index < -0.39 is 0 Å². The molecule has 0 saturated heterocycles. The Morgan fingerprint density at radius 2 is 1.79 bits per heavy atom. The van der Waals surface area contributed by atoms with Gasteiger partial charge in [0.25, 0.3) is 0 Å². The molecule has 29 heavy (non-hydrogen) atoms. The number of hydrogen-bond donors (Lipinski definition) is 2. The molecule has 0 aliphatic heterocycles. The number of thioether (sulfide) groups is 1. The third-order valence-electron chi connectivity index (χ3n) is 4.55. The summed E-state index contributed by atoms with van der Waals surface area (Å²) in [6.45, 7) is 6.33. The van der Waals surface area contributed by atoms with Crippen LogP contribution < -0.4 is 11.2 Å². The molecule has 1 aromatic heterocycles. The van der Waals surface area contributed by atoms with Gasteiger partial charge in [-0.05, 0) is 24.8 Å². The number of aryl methyl sites for hydroxylation is 1. The standard InChI is InChI=1S/C22H27N5OS/c1-15(2)13-19(17-7-5-4-6-8-17)24-20(28)14-29-22-26-25-21(27(22)23)18-11-9-16(3)10-12-18/h4-12,15,19H,13-14,23H2,1-3H3,(H,24,28)/t19-/m0/s1. The molecule has 0 fully saturated rings. The molecule has 0 radical (unpaired) electrons. The van der Waals surface area contributed by atoms with Crippen LogP contribution in [-0.4, -0.2) is 26.5 Å². The number of nitrogen functional groups attached to an aromatic ring is 1. The Hall–Kier alpha value is -2.80. The van der Waals surface area contributed by atoms with Crippen LogP contribution in [0.4, 0.5) is 0 Å². The fraction of sp³-hybridized carbons (Fsp3) is 0.318. The summed E-state index contributed by atoms with van der Waals surface area (Å²) in [6.07, 6.45) is 0.880. The zero-order valence-corrected chi connectivity index (χ0v) is 17.8. The lowest BCUT2D eigenvalue weighted by Crippen LogP contribution is -2.31. The molecule has 0 aliphatic rings. The number of rotatable bonds is 8. The van der Waals surface area contributed by atoms with Crippen LogP contribution in [0.5, 0.6) is 0 Å². The van der Waals surface area contributed by atoms with Crippen LogP contribution in [0.2, 0.25) is 0 Å². The number of nitrogens with zero attached hydrogens (tertiary/aromatic N) is 3. The molecule has 3 aromatic rings. The van der Waals surface area contributed by atoms with Crippen molar-refractivity contribution >= 4 is 17.7 Å². The summed E-state index contributed by atoms with van der Waals surface area (Å²) in [5.74, 6) is 7.38. The average molecular weight is 410 g/mol. The summed E-state index contributed by atoms with van der Waals surface area (Å²) < 4.78 is 1.44. The Kier molecular flexibility index (Phi) is 6.93. The van der Waals surface area contributed by atoms with Gasteiger partial charge in [-0.3, -0.25) is 4.79 Å². The van der Waals surface area contributed by atoms with Crippen molar-refractivity contribution in [1.82, 2.24) is 20.2 Å². The van der Waals surface area contributed by atoms with Crippen molar-refractivity contribution in [2.24, 2.45) is 5.92 Å². The molecule has 2 aromatic carbocycles. The molecule has 152 valence electrons. The van der Waals surface area contributed by atoms with E-state index in [1.54, 1.807) is 0 Å². The molecule has 7 heteroatoms. The summed E-state index contributed by atoms with van der Waals surface area (Å²) in [5, 5.41) is 12.0. The quantitative estimate of drug-likeness (QED) is 0.434. The van der Waals surface area contributed by atoms with Crippen molar-refractivity contribution in [2.75, 3.05) is 11.6 Å². The van der Waals surface area contributed by atoms with Gasteiger partial charge in [0, 0.05) is 5.56 Å². The highest BCUT2D eigenvalue weighted by atomic mass is 32.2. The minimum absolute atomic E-state index is 0.0110. The van der Waals surface area contributed by atoms with Gasteiger partial charge < -0.3 is 11.2 Å². The van der Waals surface area contributed by atoms with Crippen LogP contribution in [-0.2, 0) is 4.79 Å². The van der Waals surface area contributed by atoms with E-state index in [2.05, 4.69) is 29.4 Å². The molecule has 0 spiro atoms. The summed E-state index contributed by atoms with van der Waals surface area (Å²) in [6, 6.07) is 18.0. The maximum absolute atomic E-state index is 12.6. The monoisotopic (exact) mass is 409 g/mol. The summed E-state index contributed by atoms with van der Waals surface area (Å²) in [5.41, 5.74) is 3.17. The average Bonchev–Trinajstić information content (AvgIpc) is 3.07. The second kappa shape index (κ2) is 9.60. The van der Waals surface area contributed by atoms with Gasteiger partial charge in [-0.25, -0.2) is 4.68 Å². The lowest BCUT2D eigenvalue weighted by Gasteiger charge is -2.21. The Bertz CT molecular complexity index is 938. The zero-order chi connectivity index (χ0) is 20.8. The fourth-order valence-electron chi connectivity index (χ4n) is 3.08. The molecule has 1 heterocycles. The van der Waals surface area contributed by atoms with Crippen molar-refractivity contribution in [3.05, 3.63) is 65.7 Å². The number of aromatic nitrogens is 3. The predicted octanol–water partition coefficient (Wildman–Crippen LogP) is 3.96. The van der Waals surface area contributed by atoms with Crippen molar-refractivity contribution in [3.63, 3.8) is 0 Å². The van der Waals surface area contributed by atoms with Gasteiger partial charge in [-0.1, -0.05) is 85.8 Å². The third-order valence-corrected chi connectivity index (χ3v) is 5.49. The van der Waals surface area contributed by atoms with Crippen LogP contribution in [0, 0.1) is 12.8 Å². The number of carbonyl (C=O) groups excluding carboxylic acids is 1. The summed E-state index contributed by atoms with van der Waals surface area (Å²) in [7, 11) is 0. The van der Waals surface area contributed by atoms with Crippen LogP contribution in [0.3, 0.4) is 0 Å². The van der Waals surface area contributed by atoms with Gasteiger partial charge in [0.2, 0.25) is 11.1 Å². The van der Waals surface area contributed by atoms with E-state index in [1.165, 1.54) is 16.4 Å². The first kappa shape index (κ1) is 20.9. The molecule has 3 rings (SSSR count). The fourth-order valence-corrected chi connectivity index (χ4v) is 3.74. The first-order valence-corrected chi connectivity index (χ1v) is 10.7. The van der Waals surface area contributed by atoms with E-state index in [0.717, 1.165) is 23.1 Å². The lowest BCUT2D eigenvalue weighted by atomic mass is 9.97. The number of benzene rings is 2. The molecule has 6 nitrogen and oxygen atoms in total. The van der Waals surface area contributed by atoms with E-state index in [9.17, 15) is 4.79 Å². The Morgan fingerprint density at radius 3 is 2.45 bits per heavy atom. The third kappa shape index (κ3) is 5.60. The van der Waals surface area contributed by atoms with Crippen LogP contribution in [0.1, 0.15) is 37.4 Å². The second-order valence-corrected chi connectivity index (χ2v) is 8.43. The normalized spacial score (nSPS) is 12.1. The smallest absolute Gasteiger partial charge is 0.230 e. The zero-order valence-electron chi connectivity index (χ0n) is 17.0. The van der Waals surface area contributed by atoms with E-state index in [0.29, 0.717) is 16.9 Å². The highest BCUT2D eigenvalue weighted by Gasteiger charge is 2.18. The molecule has 3 N–H and O–H groups in total. The van der Waals surface area contributed by atoms with E-state index in [4.69, 9.17) is 5.84 Å². The second-order valence-electron chi connectivity index (χ2n) is 7.49. The minimum Gasteiger partial charge on any atom is -0.349 e. The molecule has 0 aliphatic carbocycles. The highest BCUT2D eigenvalue weighted by molar-refractivity contribution is 7.99. The van der Waals surface area contributed by atoms with Gasteiger partial charge >= 0.3 is 0 Å². The van der Waals surface area contributed by atoms with Crippen molar-refractivity contribution < 1.29 is 4.79 Å². The van der Waals surface area contributed by atoms with Crippen molar-refractivity contribution in [1.29, 1.82) is 0 Å².